The first kappa shape index (κ1) is 12.9. The van der Waals surface area contributed by atoms with E-state index in [9.17, 15) is 8.42 Å². The van der Waals surface area contributed by atoms with Crippen LogP contribution in [-0.2, 0) is 9.84 Å². The van der Waals surface area contributed by atoms with Gasteiger partial charge in [-0.1, -0.05) is 36.9 Å². The standard InChI is InChI=1S/C12H17NO2S/c1-11(12-6-4-3-5-7-12)10-13-8-9-16(2,14)15/h3-7,13H,1,8-10H2,2H3. The molecule has 0 aromatic heterocycles. The molecule has 0 atom stereocenters. The summed E-state index contributed by atoms with van der Waals surface area (Å²) in [6.45, 7) is 5.02. The van der Waals surface area contributed by atoms with Crippen LogP contribution in [0.15, 0.2) is 36.9 Å². The second-order valence-electron chi connectivity index (χ2n) is 3.78. The summed E-state index contributed by atoms with van der Waals surface area (Å²) < 4.78 is 21.8. The highest BCUT2D eigenvalue weighted by Gasteiger charge is 2.01. The van der Waals surface area contributed by atoms with E-state index >= 15 is 0 Å². The maximum Gasteiger partial charge on any atom is 0.148 e. The zero-order chi connectivity index (χ0) is 12.0. The third kappa shape index (κ3) is 5.09. The van der Waals surface area contributed by atoms with Gasteiger partial charge in [0.1, 0.15) is 9.84 Å². The lowest BCUT2D eigenvalue weighted by atomic mass is 10.1. The number of rotatable bonds is 6. The fraction of sp³-hybridized carbons (Fsp3) is 0.333. The molecule has 0 bridgehead atoms. The number of sulfone groups is 1. The van der Waals surface area contributed by atoms with Crippen LogP contribution in [-0.4, -0.2) is 33.5 Å². The molecule has 3 nitrogen and oxygen atoms in total. The average molecular weight is 239 g/mol. The van der Waals surface area contributed by atoms with Gasteiger partial charge >= 0.3 is 0 Å². The van der Waals surface area contributed by atoms with Gasteiger partial charge in [0, 0.05) is 19.3 Å². The minimum absolute atomic E-state index is 0.162. The van der Waals surface area contributed by atoms with Crippen molar-refractivity contribution in [3.8, 4) is 0 Å². The lowest BCUT2D eigenvalue weighted by Gasteiger charge is -2.07. The van der Waals surface area contributed by atoms with Crippen LogP contribution >= 0.6 is 0 Å². The van der Waals surface area contributed by atoms with E-state index in [-0.39, 0.29) is 5.75 Å². The molecule has 4 heteroatoms. The van der Waals surface area contributed by atoms with Crippen molar-refractivity contribution < 1.29 is 8.42 Å². The van der Waals surface area contributed by atoms with E-state index < -0.39 is 9.84 Å². The zero-order valence-electron chi connectivity index (χ0n) is 9.44. The quantitative estimate of drug-likeness (QED) is 0.762. The smallest absolute Gasteiger partial charge is 0.148 e. The van der Waals surface area contributed by atoms with E-state index in [1.807, 2.05) is 30.3 Å². The summed E-state index contributed by atoms with van der Waals surface area (Å²) in [6, 6.07) is 9.84. The van der Waals surface area contributed by atoms with E-state index in [4.69, 9.17) is 0 Å². The van der Waals surface area contributed by atoms with Crippen molar-refractivity contribution in [3.63, 3.8) is 0 Å². The first-order chi connectivity index (χ1) is 7.49. The SMILES string of the molecule is C=C(CNCCS(C)(=O)=O)c1ccccc1. The summed E-state index contributed by atoms with van der Waals surface area (Å²) in [7, 11) is -2.88. The first-order valence-corrected chi connectivity index (χ1v) is 7.17. The summed E-state index contributed by atoms with van der Waals surface area (Å²) in [5.74, 6) is 0.162. The Kier molecular flexibility index (Phi) is 4.71. The monoisotopic (exact) mass is 239 g/mol. The van der Waals surface area contributed by atoms with E-state index in [0.29, 0.717) is 13.1 Å². The van der Waals surface area contributed by atoms with Gasteiger partial charge in [-0.2, -0.15) is 0 Å². The van der Waals surface area contributed by atoms with Crippen molar-refractivity contribution in [1.29, 1.82) is 0 Å². The molecule has 0 aliphatic carbocycles. The Morgan fingerprint density at radius 2 is 1.94 bits per heavy atom. The topological polar surface area (TPSA) is 46.2 Å². The molecule has 88 valence electrons. The molecule has 0 saturated carbocycles. The van der Waals surface area contributed by atoms with Crippen molar-refractivity contribution >= 4 is 15.4 Å². The molecule has 0 aliphatic rings. The molecule has 0 saturated heterocycles. The van der Waals surface area contributed by atoms with E-state index in [1.165, 1.54) is 6.26 Å². The van der Waals surface area contributed by atoms with Crippen LogP contribution in [0.5, 0.6) is 0 Å². The maximum atomic E-state index is 10.9. The highest BCUT2D eigenvalue weighted by atomic mass is 32.2. The van der Waals surface area contributed by atoms with Gasteiger partial charge in [-0.15, -0.1) is 0 Å². The highest BCUT2D eigenvalue weighted by Crippen LogP contribution is 2.09. The molecule has 1 N–H and O–H groups in total. The molecule has 0 heterocycles. The number of benzene rings is 1. The molecule has 16 heavy (non-hydrogen) atoms. The Labute approximate surface area is 97.1 Å². The highest BCUT2D eigenvalue weighted by molar-refractivity contribution is 7.90. The minimum atomic E-state index is -2.88. The minimum Gasteiger partial charge on any atom is -0.312 e. The van der Waals surface area contributed by atoms with Crippen LogP contribution in [0.3, 0.4) is 0 Å². The first-order valence-electron chi connectivity index (χ1n) is 5.11. The lowest BCUT2D eigenvalue weighted by molar-refractivity contribution is 0.598. The summed E-state index contributed by atoms with van der Waals surface area (Å²) in [6.07, 6.45) is 1.24. The van der Waals surface area contributed by atoms with E-state index in [1.54, 1.807) is 0 Å². The Morgan fingerprint density at radius 1 is 1.31 bits per heavy atom. The second-order valence-corrected chi connectivity index (χ2v) is 6.04. The van der Waals surface area contributed by atoms with Crippen LogP contribution in [0.1, 0.15) is 5.56 Å². The molecule has 0 unspecified atom stereocenters. The molecule has 0 fully saturated rings. The van der Waals surface area contributed by atoms with Gasteiger partial charge in [-0.05, 0) is 11.1 Å². The van der Waals surface area contributed by atoms with Crippen LogP contribution < -0.4 is 5.32 Å². The van der Waals surface area contributed by atoms with Gasteiger partial charge in [0.15, 0.2) is 0 Å². The van der Waals surface area contributed by atoms with Crippen molar-refractivity contribution in [2.75, 3.05) is 25.1 Å². The van der Waals surface area contributed by atoms with Gasteiger partial charge in [0.05, 0.1) is 5.75 Å². The molecule has 1 aromatic carbocycles. The van der Waals surface area contributed by atoms with E-state index in [2.05, 4.69) is 11.9 Å². The normalized spacial score (nSPS) is 11.3. The van der Waals surface area contributed by atoms with E-state index in [0.717, 1.165) is 11.1 Å². The lowest BCUT2D eigenvalue weighted by Crippen LogP contribution is -2.23. The largest absolute Gasteiger partial charge is 0.312 e. The van der Waals surface area contributed by atoms with Crippen molar-refractivity contribution in [2.45, 2.75) is 0 Å². The summed E-state index contributed by atoms with van der Waals surface area (Å²) in [5, 5.41) is 3.06. The Balaban J connectivity index is 2.32. The van der Waals surface area contributed by atoms with Crippen molar-refractivity contribution in [2.24, 2.45) is 0 Å². The Bertz CT molecular complexity index is 437. The molecule has 1 aromatic rings. The maximum absolute atomic E-state index is 10.9. The third-order valence-electron chi connectivity index (χ3n) is 2.17. The molecule has 0 radical (unpaired) electrons. The van der Waals surface area contributed by atoms with Crippen LogP contribution in [0, 0.1) is 0 Å². The van der Waals surface area contributed by atoms with Gasteiger partial charge < -0.3 is 5.32 Å². The summed E-state index contributed by atoms with van der Waals surface area (Å²) in [5.41, 5.74) is 2.04. The average Bonchev–Trinajstić information content (AvgIpc) is 2.24. The molecular weight excluding hydrogens is 222 g/mol. The zero-order valence-corrected chi connectivity index (χ0v) is 10.3. The predicted molar refractivity (Wildman–Crippen MR) is 68.1 cm³/mol. The molecule has 1 rings (SSSR count). The fourth-order valence-electron chi connectivity index (χ4n) is 1.27. The third-order valence-corrected chi connectivity index (χ3v) is 3.12. The van der Waals surface area contributed by atoms with Gasteiger partial charge in [-0.25, -0.2) is 8.42 Å². The number of nitrogens with one attached hydrogen (secondary N) is 1. The molecule has 0 spiro atoms. The van der Waals surface area contributed by atoms with Crippen LogP contribution in [0.2, 0.25) is 0 Å². The Hall–Kier alpha value is -1.13. The number of hydrogen-bond donors (Lipinski definition) is 1. The van der Waals surface area contributed by atoms with Crippen LogP contribution in [0.4, 0.5) is 0 Å². The fourth-order valence-corrected chi connectivity index (χ4v) is 1.79. The molecule has 0 aliphatic heterocycles. The van der Waals surface area contributed by atoms with Gasteiger partial charge in [0.2, 0.25) is 0 Å². The molecule has 0 amide bonds. The number of hydrogen-bond acceptors (Lipinski definition) is 3. The Morgan fingerprint density at radius 3 is 2.50 bits per heavy atom. The summed E-state index contributed by atoms with van der Waals surface area (Å²) in [4.78, 5) is 0. The van der Waals surface area contributed by atoms with Crippen LogP contribution in [0.25, 0.3) is 5.57 Å². The van der Waals surface area contributed by atoms with Crippen molar-refractivity contribution in [3.05, 3.63) is 42.5 Å². The predicted octanol–water partition coefficient (Wildman–Crippen LogP) is 1.33. The van der Waals surface area contributed by atoms with Crippen molar-refractivity contribution in [1.82, 2.24) is 5.32 Å². The van der Waals surface area contributed by atoms with Gasteiger partial charge in [-0.3, -0.25) is 0 Å². The second kappa shape index (κ2) is 5.82. The molecular formula is C12H17NO2S. The van der Waals surface area contributed by atoms with Gasteiger partial charge in [0.25, 0.3) is 0 Å². The summed E-state index contributed by atoms with van der Waals surface area (Å²) >= 11 is 0.